The Morgan fingerprint density at radius 3 is 2.15 bits per heavy atom. The molecule has 7 heteroatoms. The molecule has 0 radical (unpaired) electrons. The Labute approximate surface area is 115 Å². The van der Waals surface area contributed by atoms with Crippen LogP contribution in [0.25, 0.3) is 0 Å². The van der Waals surface area contributed by atoms with Crippen LogP contribution in [0.1, 0.15) is 5.56 Å². The zero-order valence-electron chi connectivity index (χ0n) is 11.0. The van der Waals surface area contributed by atoms with Crippen LogP contribution in [0.4, 0.5) is 23.2 Å². The third-order valence-corrected chi connectivity index (χ3v) is 3.25. The highest BCUT2D eigenvalue weighted by molar-refractivity contribution is 5.41. The van der Waals surface area contributed by atoms with Gasteiger partial charge in [0.2, 0.25) is 0 Å². The van der Waals surface area contributed by atoms with E-state index in [4.69, 9.17) is 5.73 Å². The number of piperazine rings is 1. The molecule has 3 nitrogen and oxygen atoms in total. The normalized spacial score (nSPS) is 18.4. The Morgan fingerprint density at radius 1 is 1.00 bits per heavy atom. The Balaban J connectivity index is 1.85. The summed E-state index contributed by atoms with van der Waals surface area (Å²) in [5.74, 6) is -0.393. The van der Waals surface area contributed by atoms with Gasteiger partial charge < -0.3 is 5.73 Å². The van der Waals surface area contributed by atoms with E-state index in [0.29, 0.717) is 38.4 Å². The number of nitrogens with two attached hydrogens (primary N) is 1. The predicted molar refractivity (Wildman–Crippen MR) is 68.6 cm³/mol. The van der Waals surface area contributed by atoms with Gasteiger partial charge in [-0.15, -0.1) is 0 Å². The van der Waals surface area contributed by atoms with Crippen molar-refractivity contribution in [2.45, 2.75) is 12.7 Å². The number of benzene rings is 1. The monoisotopic (exact) mass is 291 g/mol. The van der Waals surface area contributed by atoms with E-state index < -0.39 is 18.5 Å². The molecule has 0 saturated carbocycles. The summed E-state index contributed by atoms with van der Waals surface area (Å²) in [7, 11) is 0. The lowest BCUT2D eigenvalue weighted by Crippen LogP contribution is -2.48. The number of alkyl halides is 3. The highest BCUT2D eigenvalue weighted by Crippen LogP contribution is 2.18. The summed E-state index contributed by atoms with van der Waals surface area (Å²) in [6.45, 7) is 1.43. The van der Waals surface area contributed by atoms with Gasteiger partial charge in [-0.2, -0.15) is 13.2 Å². The van der Waals surface area contributed by atoms with Crippen molar-refractivity contribution in [2.75, 3.05) is 38.5 Å². The van der Waals surface area contributed by atoms with Crippen molar-refractivity contribution in [1.82, 2.24) is 9.80 Å². The summed E-state index contributed by atoms with van der Waals surface area (Å²) in [6, 6.07) is 4.33. The first-order valence-electron chi connectivity index (χ1n) is 6.38. The van der Waals surface area contributed by atoms with Crippen LogP contribution in [0, 0.1) is 5.82 Å². The average Bonchev–Trinajstić information content (AvgIpc) is 2.28. The van der Waals surface area contributed by atoms with Crippen LogP contribution >= 0.6 is 0 Å². The van der Waals surface area contributed by atoms with E-state index in [1.807, 2.05) is 4.90 Å². The molecule has 2 rings (SSSR count). The minimum Gasteiger partial charge on any atom is -0.399 e. The van der Waals surface area contributed by atoms with Crippen LogP contribution in [-0.2, 0) is 6.54 Å². The second kappa shape index (κ2) is 5.97. The maximum atomic E-state index is 13.2. The highest BCUT2D eigenvalue weighted by atomic mass is 19.4. The van der Waals surface area contributed by atoms with Crippen LogP contribution in [0.2, 0.25) is 0 Å². The quantitative estimate of drug-likeness (QED) is 0.683. The van der Waals surface area contributed by atoms with Crippen LogP contribution in [-0.4, -0.2) is 48.7 Å². The lowest BCUT2D eigenvalue weighted by Gasteiger charge is -2.35. The van der Waals surface area contributed by atoms with Crippen molar-refractivity contribution < 1.29 is 17.6 Å². The summed E-state index contributed by atoms with van der Waals surface area (Å²) in [4.78, 5) is 3.39. The summed E-state index contributed by atoms with van der Waals surface area (Å²) in [6.07, 6.45) is -4.15. The third kappa shape index (κ3) is 4.64. The molecule has 1 saturated heterocycles. The minimum atomic E-state index is -4.15. The van der Waals surface area contributed by atoms with Gasteiger partial charge in [0.05, 0.1) is 6.54 Å². The second-order valence-electron chi connectivity index (χ2n) is 5.06. The van der Waals surface area contributed by atoms with E-state index in [-0.39, 0.29) is 0 Å². The van der Waals surface area contributed by atoms with Gasteiger partial charge in [0.25, 0.3) is 0 Å². The molecule has 1 heterocycles. The topological polar surface area (TPSA) is 32.5 Å². The number of rotatable bonds is 3. The number of anilines is 1. The molecule has 1 fully saturated rings. The molecule has 0 bridgehead atoms. The fourth-order valence-corrected chi connectivity index (χ4v) is 2.38. The maximum absolute atomic E-state index is 13.2. The van der Waals surface area contributed by atoms with E-state index in [1.54, 1.807) is 6.07 Å². The van der Waals surface area contributed by atoms with Gasteiger partial charge in [0.1, 0.15) is 5.82 Å². The van der Waals surface area contributed by atoms with Gasteiger partial charge in [0.15, 0.2) is 0 Å². The Kier molecular flexibility index (Phi) is 4.49. The molecule has 0 amide bonds. The zero-order chi connectivity index (χ0) is 14.8. The van der Waals surface area contributed by atoms with Crippen molar-refractivity contribution >= 4 is 5.69 Å². The predicted octanol–water partition coefficient (Wildman–Crippen LogP) is 2.09. The van der Waals surface area contributed by atoms with Crippen molar-refractivity contribution in [3.05, 3.63) is 29.6 Å². The van der Waals surface area contributed by atoms with E-state index in [1.165, 1.54) is 17.0 Å². The van der Waals surface area contributed by atoms with Gasteiger partial charge in [0, 0.05) is 38.4 Å². The van der Waals surface area contributed by atoms with Gasteiger partial charge in [-0.25, -0.2) is 4.39 Å². The molecule has 1 aromatic rings. The smallest absolute Gasteiger partial charge is 0.399 e. The Morgan fingerprint density at radius 2 is 1.60 bits per heavy atom. The molecule has 20 heavy (non-hydrogen) atoms. The van der Waals surface area contributed by atoms with Crippen LogP contribution in [0.15, 0.2) is 18.2 Å². The van der Waals surface area contributed by atoms with E-state index in [9.17, 15) is 17.6 Å². The molecule has 0 aliphatic carbocycles. The molecule has 1 aromatic carbocycles. The standard InChI is InChI=1S/C13H17F4N3/c14-11-5-10(6-12(18)7-11)8-19-1-3-20(4-2-19)9-13(15,16)17/h5-7H,1-4,8-9,18H2. The van der Waals surface area contributed by atoms with Gasteiger partial charge in [-0.1, -0.05) is 0 Å². The van der Waals surface area contributed by atoms with Gasteiger partial charge in [-0.3, -0.25) is 9.80 Å². The molecular weight excluding hydrogens is 274 g/mol. The zero-order valence-corrected chi connectivity index (χ0v) is 11.0. The van der Waals surface area contributed by atoms with E-state index in [0.717, 1.165) is 5.56 Å². The van der Waals surface area contributed by atoms with Crippen LogP contribution < -0.4 is 5.73 Å². The van der Waals surface area contributed by atoms with Crippen molar-refractivity contribution in [1.29, 1.82) is 0 Å². The first-order valence-corrected chi connectivity index (χ1v) is 6.38. The number of hydrogen-bond acceptors (Lipinski definition) is 3. The minimum absolute atomic E-state index is 0.357. The molecule has 0 spiro atoms. The molecule has 1 aliphatic heterocycles. The lowest BCUT2D eigenvalue weighted by atomic mass is 10.1. The maximum Gasteiger partial charge on any atom is 0.401 e. The van der Waals surface area contributed by atoms with E-state index >= 15 is 0 Å². The highest BCUT2D eigenvalue weighted by Gasteiger charge is 2.32. The lowest BCUT2D eigenvalue weighted by molar-refractivity contribution is -0.149. The molecule has 2 N–H and O–H groups in total. The van der Waals surface area contributed by atoms with Crippen LogP contribution in [0.5, 0.6) is 0 Å². The van der Waals surface area contributed by atoms with Crippen molar-refractivity contribution in [2.24, 2.45) is 0 Å². The number of hydrogen-bond donors (Lipinski definition) is 1. The fourth-order valence-electron chi connectivity index (χ4n) is 2.38. The molecule has 0 atom stereocenters. The van der Waals surface area contributed by atoms with Gasteiger partial charge >= 0.3 is 6.18 Å². The third-order valence-electron chi connectivity index (χ3n) is 3.25. The van der Waals surface area contributed by atoms with Crippen molar-refractivity contribution in [3.63, 3.8) is 0 Å². The molecule has 1 aliphatic rings. The SMILES string of the molecule is Nc1cc(F)cc(CN2CCN(CC(F)(F)F)CC2)c1. The summed E-state index contributed by atoms with van der Waals surface area (Å²) in [5, 5.41) is 0. The summed E-state index contributed by atoms with van der Waals surface area (Å²) >= 11 is 0. The molecule has 112 valence electrons. The number of nitrogens with zero attached hydrogens (tertiary/aromatic N) is 2. The summed E-state index contributed by atoms with van der Waals surface area (Å²) in [5.41, 5.74) is 6.66. The molecule has 0 aromatic heterocycles. The van der Waals surface area contributed by atoms with E-state index in [2.05, 4.69) is 0 Å². The van der Waals surface area contributed by atoms with Crippen LogP contribution in [0.3, 0.4) is 0 Å². The number of nitrogen functional groups attached to an aromatic ring is 1. The number of halogens is 4. The van der Waals surface area contributed by atoms with Gasteiger partial charge in [-0.05, 0) is 23.8 Å². The van der Waals surface area contributed by atoms with Crippen molar-refractivity contribution in [3.8, 4) is 0 Å². The first-order chi connectivity index (χ1) is 9.32. The first kappa shape index (κ1) is 15.1. The largest absolute Gasteiger partial charge is 0.401 e. The molecule has 0 unspecified atom stereocenters. The second-order valence-corrected chi connectivity index (χ2v) is 5.06. The fraction of sp³-hybridized carbons (Fsp3) is 0.538. The molecular formula is C13H17F4N3. The average molecular weight is 291 g/mol. The summed E-state index contributed by atoms with van der Waals surface area (Å²) < 4.78 is 50.0. The Hall–Kier alpha value is -1.34. The Bertz CT molecular complexity index is 433.